The van der Waals surface area contributed by atoms with Gasteiger partial charge >= 0.3 is 0 Å². The molecular formula is C24H26N2O3. The number of hydrogen-bond donors (Lipinski definition) is 2. The van der Waals surface area contributed by atoms with Crippen molar-refractivity contribution in [2.24, 2.45) is 0 Å². The predicted molar refractivity (Wildman–Crippen MR) is 112 cm³/mol. The number of anilines is 1. The normalized spacial score (nSPS) is 17.1. The van der Waals surface area contributed by atoms with Crippen LogP contribution in [0.4, 0.5) is 5.69 Å². The van der Waals surface area contributed by atoms with Crippen molar-refractivity contribution >= 4 is 23.2 Å². The molecule has 0 heterocycles. The molecule has 5 heteroatoms. The fraction of sp³-hybridized carbons (Fsp3) is 0.375. The first-order valence-corrected chi connectivity index (χ1v) is 10.5. The van der Waals surface area contributed by atoms with Crippen molar-refractivity contribution < 1.29 is 14.4 Å². The summed E-state index contributed by atoms with van der Waals surface area (Å²) in [6.07, 6.45) is 8.41. The molecule has 2 aromatic rings. The molecule has 2 N–H and O–H groups in total. The number of amides is 1. The number of carbonyl (C=O) groups excluding carboxylic acids is 3. The first-order valence-electron chi connectivity index (χ1n) is 10.5. The number of nitrogens with one attached hydrogen (secondary N) is 2. The lowest BCUT2D eigenvalue weighted by molar-refractivity contribution is -0.115. The van der Waals surface area contributed by atoms with Crippen LogP contribution in [0.25, 0.3) is 0 Å². The van der Waals surface area contributed by atoms with Crippen LogP contribution in [0.1, 0.15) is 76.8 Å². The highest BCUT2D eigenvalue weighted by Crippen LogP contribution is 2.31. The standard InChI is InChI=1S/C24H26N2O3/c27-21(15-25-16-9-4-2-1-3-5-10-16)26-20-14-8-13-19-22(20)24(29)18-12-7-6-11-17(18)23(19)28/h6-8,11-14,16,25H,1-5,9-10,15H2,(H,26,27). The third-order valence-corrected chi connectivity index (χ3v) is 5.88. The molecule has 0 bridgehead atoms. The van der Waals surface area contributed by atoms with E-state index in [1.807, 2.05) is 0 Å². The molecule has 0 radical (unpaired) electrons. The molecule has 0 atom stereocenters. The number of carbonyl (C=O) groups is 3. The minimum atomic E-state index is -0.223. The smallest absolute Gasteiger partial charge is 0.238 e. The summed E-state index contributed by atoms with van der Waals surface area (Å²) >= 11 is 0. The van der Waals surface area contributed by atoms with Crippen LogP contribution in [0.2, 0.25) is 0 Å². The maximum Gasteiger partial charge on any atom is 0.238 e. The van der Waals surface area contributed by atoms with E-state index in [0.717, 1.165) is 12.8 Å². The van der Waals surface area contributed by atoms with Gasteiger partial charge in [-0.2, -0.15) is 0 Å². The molecule has 1 fully saturated rings. The lowest BCUT2D eigenvalue weighted by Gasteiger charge is -2.22. The first kappa shape index (κ1) is 19.5. The van der Waals surface area contributed by atoms with Crippen molar-refractivity contribution in [3.8, 4) is 0 Å². The van der Waals surface area contributed by atoms with Crippen LogP contribution in [0, 0.1) is 0 Å². The molecule has 0 aliphatic heterocycles. The van der Waals surface area contributed by atoms with E-state index in [4.69, 9.17) is 0 Å². The van der Waals surface area contributed by atoms with Gasteiger partial charge < -0.3 is 10.6 Å². The molecule has 0 spiro atoms. The Bertz CT molecular complexity index is 943. The maximum absolute atomic E-state index is 13.0. The van der Waals surface area contributed by atoms with Crippen LogP contribution in [-0.2, 0) is 4.79 Å². The van der Waals surface area contributed by atoms with E-state index in [1.165, 1.54) is 32.1 Å². The van der Waals surface area contributed by atoms with Crippen molar-refractivity contribution in [2.45, 2.75) is 51.0 Å². The SMILES string of the molecule is O=C(CNC1CCCCCCC1)Nc1cccc2c1C(=O)c1ccccc1C2=O. The second-order valence-corrected chi connectivity index (χ2v) is 7.90. The van der Waals surface area contributed by atoms with Gasteiger partial charge in [-0.15, -0.1) is 0 Å². The zero-order chi connectivity index (χ0) is 20.2. The van der Waals surface area contributed by atoms with Gasteiger partial charge in [0.25, 0.3) is 0 Å². The Morgan fingerprint density at radius 2 is 1.41 bits per heavy atom. The summed E-state index contributed by atoms with van der Waals surface area (Å²) in [4.78, 5) is 38.4. The van der Waals surface area contributed by atoms with E-state index in [-0.39, 0.29) is 29.6 Å². The molecule has 0 aromatic heterocycles. The Labute approximate surface area is 170 Å². The van der Waals surface area contributed by atoms with Crippen molar-refractivity contribution in [1.29, 1.82) is 0 Å². The second-order valence-electron chi connectivity index (χ2n) is 7.90. The summed E-state index contributed by atoms with van der Waals surface area (Å²) in [6.45, 7) is 0.201. The topological polar surface area (TPSA) is 75.3 Å². The average molecular weight is 390 g/mol. The van der Waals surface area contributed by atoms with E-state index in [2.05, 4.69) is 10.6 Å². The lowest BCUT2D eigenvalue weighted by atomic mass is 9.83. The summed E-state index contributed by atoms with van der Waals surface area (Å²) in [5.74, 6) is -0.599. The van der Waals surface area contributed by atoms with E-state index < -0.39 is 0 Å². The predicted octanol–water partition coefficient (Wildman–Crippen LogP) is 4.10. The average Bonchev–Trinajstić information content (AvgIpc) is 2.71. The highest BCUT2D eigenvalue weighted by Gasteiger charge is 2.31. The molecule has 0 unspecified atom stereocenters. The molecule has 4 rings (SSSR count). The highest BCUT2D eigenvalue weighted by atomic mass is 16.2. The number of ketones is 2. The van der Waals surface area contributed by atoms with Gasteiger partial charge in [0, 0.05) is 22.7 Å². The van der Waals surface area contributed by atoms with Gasteiger partial charge in [-0.3, -0.25) is 14.4 Å². The van der Waals surface area contributed by atoms with Crippen LogP contribution < -0.4 is 10.6 Å². The van der Waals surface area contributed by atoms with Crippen LogP contribution in [0.3, 0.4) is 0 Å². The lowest BCUT2D eigenvalue weighted by Crippen LogP contribution is -2.37. The summed E-state index contributed by atoms with van der Waals surface area (Å²) < 4.78 is 0. The van der Waals surface area contributed by atoms with E-state index >= 15 is 0 Å². The van der Waals surface area contributed by atoms with Gasteiger partial charge in [-0.1, -0.05) is 68.5 Å². The molecule has 5 nitrogen and oxygen atoms in total. The Hall–Kier alpha value is -2.79. The summed E-state index contributed by atoms with van der Waals surface area (Å²) in [7, 11) is 0. The van der Waals surface area contributed by atoms with Gasteiger partial charge in [-0.05, 0) is 18.9 Å². The quantitative estimate of drug-likeness (QED) is 0.703. The molecule has 1 amide bonds. The van der Waals surface area contributed by atoms with E-state index in [9.17, 15) is 14.4 Å². The van der Waals surface area contributed by atoms with E-state index in [0.29, 0.717) is 28.4 Å². The maximum atomic E-state index is 13.0. The largest absolute Gasteiger partial charge is 0.324 e. The van der Waals surface area contributed by atoms with Crippen LogP contribution in [-0.4, -0.2) is 30.1 Å². The zero-order valence-electron chi connectivity index (χ0n) is 16.5. The van der Waals surface area contributed by atoms with Crippen LogP contribution in [0.5, 0.6) is 0 Å². The zero-order valence-corrected chi connectivity index (χ0v) is 16.5. The Morgan fingerprint density at radius 1 is 0.793 bits per heavy atom. The monoisotopic (exact) mass is 390 g/mol. The summed E-state index contributed by atoms with van der Waals surface area (Å²) in [5.41, 5.74) is 1.84. The van der Waals surface area contributed by atoms with Gasteiger partial charge in [0.2, 0.25) is 5.91 Å². The van der Waals surface area contributed by atoms with E-state index in [1.54, 1.807) is 42.5 Å². The Kier molecular flexibility index (Phi) is 5.86. The number of benzene rings is 2. The minimum absolute atomic E-state index is 0.182. The fourth-order valence-corrected chi connectivity index (χ4v) is 4.34. The van der Waals surface area contributed by atoms with Crippen molar-refractivity contribution in [2.75, 3.05) is 11.9 Å². The molecule has 2 aliphatic carbocycles. The van der Waals surface area contributed by atoms with Crippen molar-refractivity contribution in [1.82, 2.24) is 5.32 Å². The highest BCUT2D eigenvalue weighted by molar-refractivity contribution is 6.30. The van der Waals surface area contributed by atoms with Crippen LogP contribution in [0.15, 0.2) is 42.5 Å². The summed E-state index contributed by atoms with van der Waals surface area (Å²) in [6, 6.07) is 12.2. The number of rotatable bonds is 4. The molecule has 2 aromatic carbocycles. The molecule has 2 aliphatic rings. The number of fused-ring (bicyclic) bond motifs is 2. The van der Waals surface area contributed by atoms with Gasteiger partial charge in [0.1, 0.15) is 0 Å². The molecule has 29 heavy (non-hydrogen) atoms. The second kappa shape index (κ2) is 8.70. The van der Waals surface area contributed by atoms with Gasteiger partial charge in [0.15, 0.2) is 11.6 Å². The molecule has 0 saturated heterocycles. The minimum Gasteiger partial charge on any atom is -0.324 e. The first-order chi connectivity index (χ1) is 14.1. The summed E-state index contributed by atoms with van der Waals surface area (Å²) in [5, 5.41) is 6.21. The number of hydrogen-bond acceptors (Lipinski definition) is 4. The van der Waals surface area contributed by atoms with Gasteiger partial charge in [0.05, 0.1) is 17.8 Å². The fourth-order valence-electron chi connectivity index (χ4n) is 4.34. The molecule has 150 valence electrons. The molecule has 1 saturated carbocycles. The van der Waals surface area contributed by atoms with Crippen molar-refractivity contribution in [3.63, 3.8) is 0 Å². The third-order valence-electron chi connectivity index (χ3n) is 5.88. The molecular weight excluding hydrogens is 364 g/mol. The Balaban J connectivity index is 1.48. The third kappa shape index (κ3) is 4.15. The van der Waals surface area contributed by atoms with Crippen molar-refractivity contribution in [3.05, 3.63) is 64.7 Å². The van der Waals surface area contributed by atoms with Gasteiger partial charge in [-0.25, -0.2) is 0 Å². The van der Waals surface area contributed by atoms with Crippen LogP contribution >= 0.6 is 0 Å². The Morgan fingerprint density at radius 3 is 2.14 bits per heavy atom.